The summed E-state index contributed by atoms with van der Waals surface area (Å²) in [4.78, 5) is 32.5. The predicted octanol–water partition coefficient (Wildman–Crippen LogP) is 2.80. The van der Waals surface area contributed by atoms with Crippen LogP contribution in [-0.4, -0.2) is 33.5 Å². The Morgan fingerprint density at radius 2 is 1.82 bits per heavy atom. The number of carboxylic acids is 1. The van der Waals surface area contributed by atoms with Crippen LogP contribution in [0.15, 0.2) is 54.6 Å². The molecule has 7 heteroatoms. The van der Waals surface area contributed by atoms with Gasteiger partial charge in [-0.15, -0.1) is 0 Å². The number of carboxylic acid groups (broad SMARTS) is 1. The van der Waals surface area contributed by atoms with Crippen LogP contribution in [0, 0.1) is 0 Å². The van der Waals surface area contributed by atoms with Crippen molar-refractivity contribution in [3.8, 4) is 11.4 Å². The zero-order valence-corrected chi connectivity index (χ0v) is 15.0. The van der Waals surface area contributed by atoms with Crippen molar-refractivity contribution < 1.29 is 14.7 Å². The van der Waals surface area contributed by atoms with E-state index < -0.39 is 5.97 Å². The van der Waals surface area contributed by atoms with Crippen molar-refractivity contribution in [1.82, 2.24) is 15.3 Å². The van der Waals surface area contributed by atoms with E-state index in [1.54, 1.807) is 24.3 Å². The van der Waals surface area contributed by atoms with Gasteiger partial charge in [0, 0.05) is 24.2 Å². The first-order chi connectivity index (χ1) is 13.6. The van der Waals surface area contributed by atoms with Gasteiger partial charge in [-0.25, -0.2) is 9.97 Å². The standard InChI is InChI=1S/C21H18N4O3/c26-17(27)12-13-6-8-15(9-7-13)23-20-18-16(10-11-22-21(18)28)24-19(25-20)14-4-2-1-3-5-14/h1-9H,10-12H2,(H,22,28)(H,26,27)(H,23,24,25). The van der Waals surface area contributed by atoms with Gasteiger partial charge in [0.15, 0.2) is 5.82 Å². The average molecular weight is 374 g/mol. The van der Waals surface area contributed by atoms with E-state index in [0.29, 0.717) is 47.1 Å². The topological polar surface area (TPSA) is 104 Å². The van der Waals surface area contributed by atoms with E-state index in [1.807, 2.05) is 30.3 Å². The third kappa shape index (κ3) is 3.68. The molecule has 1 aliphatic rings. The Bertz CT molecular complexity index is 1030. The summed E-state index contributed by atoms with van der Waals surface area (Å²) in [6, 6.07) is 16.6. The smallest absolute Gasteiger partial charge is 0.307 e. The first kappa shape index (κ1) is 17.7. The maximum absolute atomic E-state index is 12.4. The summed E-state index contributed by atoms with van der Waals surface area (Å²) in [5.41, 5.74) is 3.44. The van der Waals surface area contributed by atoms with Crippen LogP contribution in [0.4, 0.5) is 11.5 Å². The van der Waals surface area contributed by atoms with Crippen molar-refractivity contribution in [1.29, 1.82) is 0 Å². The number of carbonyl (C=O) groups excluding carboxylic acids is 1. The third-order valence-corrected chi connectivity index (χ3v) is 4.46. The number of hydrogen-bond acceptors (Lipinski definition) is 5. The minimum atomic E-state index is -0.880. The van der Waals surface area contributed by atoms with Crippen LogP contribution in [-0.2, 0) is 17.6 Å². The Morgan fingerprint density at radius 3 is 2.54 bits per heavy atom. The number of nitrogens with zero attached hydrogens (tertiary/aromatic N) is 2. The van der Waals surface area contributed by atoms with Gasteiger partial charge in [0.2, 0.25) is 0 Å². The highest BCUT2D eigenvalue weighted by Crippen LogP contribution is 2.27. The molecule has 2 aromatic carbocycles. The minimum Gasteiger partial charge on any atom is -0.481 e. The first-order valence-corrected chi connectivity index (χ1v) is 8.92. The lowest BCUT2D eigenvalue weighted by Crippen LogP contribution is -2.33. The summed E-state index contributed by atoms with van der Waals surface area (Å²) in [6.45, 7) is 0.542. The number of amides is 1. The average Bonchev–Trinajstić information content (AvgIpc) is 2.69. The molecule has 0 aliphatic carbocycles. The number of aliphatic carboxylic acids is 1. The number of carbonyl (C=O) groups is 2. The lowest BCUT2D eigenvalue weighted by molar-refractivity contribution is -0.136. The summed E-state index contributed by atoms with van der Waals surface area (Å²) in [6.07, 6.45) is 0.597. The molecular weight excluding hydrogens is 356 g/mol. The number of nitrogens with one attached hydrogen (secondary N) is 2. The van der Waals surface area contributed by atoms with Crippen molar-refractivity contribution in [3.63, 3.8) is 0 Å². The van der Waals surface area contributed by atoms with Gasteiger partial charge in [-0.3, -0.25) is 9.59 Å². The second kappa shape index (κ2) is 7.48. The SMILES string of the molecule is O=C(O)Cc1ccc(Nc2nc(-c3ccccc3)nc3c2C(=O)NCC3)cc1. The Kier molecular flexibility index (Phi) is 4.72. The maximum Gasteiger partial charge on any atom is 0.307 e. The van der Waals surface area contributed by atoms with Crippen molar-refractivity contribution in [2.24, 2.45) is 0 Å². The zero-order valence-electron chi connectivity index (χ0n) is 15.0. The van der Waals surface area contributed by atoms with E-state index in [-0.39, 0.29) is 12.3 Å². The fraction of sp³-hybridized carbons (Fsp3) is 0.143. The van der Waals surface area contributed by atoms with E-state index in [0.717, 1.165) is 5.56 Å². The second-order valence-corrected chi connectivity index (χ2v) is 6.48. The number of anilines is 2. The number of rotatable bonds is 5. The Labute approximate surface area is 161 Å². The van der Waals surface area contributed by atoms with E-state index in [9.17, 15) is 9.59 Å². The first-order valence-electron chi connectivity index (χ1n) is 8.92. The molecule has 0 saturated heterocycles. The summed E-state index contributed by atoms with van der Waals surface area (Å²) in [7, 11) is 0. The predicted molar refractivity (Wildman–Crippen MR) is 105 cm³/mol. The molecule has 3 aromatic rings. The molecule has 0 bridgehead atoms. The van der Waals surface area contributed by atoms with E-state index in [4.69, 9.17) is 5.11 Å². The summed E-state index contributed by atoms with van der Waals surface area (Å²) in [5, 5.41) is 14.9. The molecule has 1 aliphatic heterocycles. The van der Waals surface area contributed by atoms with Crippen LogP contribution in [0.1, 0.15) is 21.6 Å². The van der Waals surface area contributed by atoms with Gasteiger partial charge < -0.3 is 15.7 Å². The highest BCUT2D eigenvalue weighted by atomic mass is 16.4. The third-order valence-electron chi connectivity index (χ3n) is 4.46. The molecule has 0 radical (unpaired) electrons. The molecule has 140 valence electrons. The lowest BCUT2D eigenvalue weighted by atomic mass is 10.1. The molecule has 2 heterocycles. The second-order valence-electron chi connectivity index (χ2n) is 6.48. The normalized spacial score (nSPS) is 12.8. The highest BCUT2D eigenvalue weighted by Gasteiger charge is 2.24. The van der Waals surface area contributed by atoms with Crippen molar-refractivity contribution in [2.45, 2.75) is 12.8 Å². The molecule has 4 rings (SSSR count). The van der Waals surface area contributed by atoms with Crippen LogP contribution >= 0.6 is 0 Å². The van der Waals surface area contributed by atoms with Crippen LogP contribution in [0.3, 0.4) is 0 Å². The Hall–Kier alpha value is -3.74. The van der Waals surface area contributed by atoms with Gasteiger partial charge in [0.25, 0.3) is 5.91 Å². The highest BCUT2D eigenvalue weighted by molar-refractivity contribution is 6.01. The fourth-order valence-corrected chi connectivity index (χ4v) is 3.13. The monoisotopic (exact) mass is 374 g/mol. The number of fused-ring (bicyclic) bond motifs is 1. The molecule has 0 unspecified atom stereocenters. The Balaban J connectivity index is 1.72. The maximum atomic E-state index is 12.4. The number of benzene rings is 2. The van der Waals surface area contributed by atoms with Crippen molar-refractivity contribution >= 4 is 23.4 Å². The lowest BCUT2D eigenvalue weighted by Gasteiger charge is -2.20. The van der Waals surface area contributed by atoms with E-state index in [2.05, 4.69) is 20.6 Å². The zero-order chi connectivity index (χ0) is 19.5. The molecule has 28 heavy (non-hydrogen) atoms. The quantitative estimate of drug-likeness (QED) is 0.634. The molecule has 1 amide bonds. The van der Waals surface area contributed by atoms with E-state index >= 15 is 0 Å². The van der Waals surface area contributed by atoms with Crippen molar-refractivity contribution in [2.75, 3.05) is 11.9 Å². The van der Waals surface area contributed by atoms with Crippen molar-refractivity contribution in [3.05, 3.63) is 71.4 Å². The largest absolute Gasteiger partial charge is 0.481 e. The molecular formula is C21H18N4O3. The van der Waals surface area contributed by atoms with Gasteiger partial charge in [0.1, 0.15) is 11.4 Å². The van der Waals surface area contributed by atoms with Gasteiger partial charge in [-0.2, -0.15) is 0 Å². The molecule has 1 aromatic heterocycles. The fourth-order valence-electron chi connectivity index (χ4n) is 3.13. The van der Waals surface area contributed by atoms with Crippen LogP contribution in [0.25, 0.3) is 11.4 Å². The van der Waals surface area contributed by atoms with E-state index in [1.165, 1.54) is 0 Å². The van der Waals surface area contributed by atoms with Gasteiger partial charge in [0.05, 0.1) is 12.1 Å². The van der Waals surface area contributed by atoms with Gasteiger partial charge >= 0.3 is 5.97 Å². The molecule has 7 nitrogen and oxygen atoms in total. The Morgan fingerprint density at radius 1 is 1.07 bits per heavy atom. The van der Waals surface area contributed by atoms with Crippen LogP contribution < -0.4 is 10.6 Å². The summed E-state index contributed by atoms with van der Waals surface area (Å²) in [5.74, 6) is -0.0910. The molecule has 0 atom stereocenters. The minimum absolute atomic E-state index is 0.0380. The molecule has 0 fully saturated rings. The summed E-state index contributed by atoms with van der Waals surface area (Å²) >= 11 is 0. The van der Waals surface area contributed by atoms with Gasteiger partial charge in [-0.1, -0.05) is 42.5 Å². The van der Waals surface area contributed by atoms with Crippen LogP contribution in [0.5, 0.6) is 0 Å². The molecule has 3 N–H and O–H groups in total. The number of hydrogen-bond donors (Lipinski definition) is 3. The molecule has 0 spiro atoms. The molecule has 0 saturated carbocycles. The number of aromatic nitrogens is 2. The van der Waals surface area contributed by atoms with Crippen LogP contribution in [0.2, 0.25) is 0 Å². The van der Waals surface area contributed by atoms with Gasteiger partial charge in [-0.05, 0) is 17.7 Å². The summed E-state index contributed by atoms with van der Waals surface area (Å²) < 4.78 is 0.